The molecule has 3 heterocycles. The number of benzene rings is 2. The second-order valence-corrected chi connectivity index (χ2v) is 12.4. The van der Waals surface area contributed by atoms with E-state index in [9.17, 15) is 9.59 Å². The van der Waals surface area contributed by atoms with Gasteiger partial charge in [0.2, 0.25) is 11.8 Å². The predicted molar refractivity (Wildman–Crippen MR) is 184 cm³/mol. The standard InChI is InChI=1S/C36H46N6O4/c1-23-11-13-37-35-29(23)17-27(45-5)19-31(35)39-33(43)9-7-15-41-21-26(4)42(22-25(41)3)16-8-10-34(44)40-32-20-28(46-6)18-30-24(2)12-14-38-36(30)32/h11-14,17-20,25-26H,7-10,15-16,21-22H2,1-6H3,(H,39,43)(H,40,44). The van der Waals surface area contributed by atoms with Crippen LogP contribution in [0.4, 0.5) is 11.4 Å². The van der Waals surface area contributed by atoms with Gasteiger partial charge in [0.1, 0.15) is 11.5 Å². The van der Waals surface area contributed by atoms with Gasteiger partial charge in [0.15, 0.2) is 0 Å². The SMILES string of the molecule is COc1cc(NC(=O)CCCN2CC(C)N(CCCC(=O)Nc3cc(OC)cc4c(C)ccnc34)CC2C)c2nccc(C)c2c1. The van der Waals surface area contributed by atoms with Gasteiger partial charge in [0, 0.05) is 73.3 Å². The van der Waals surface area contributed by atoms with Crippen LogP contribution in [-0.4, -0.2) is 84.1 Å². The third kappa shape index (κ3) is 7.74. The average molecular weight is 627 g/mol. The lowest BCUT2D eigenvalue weighted by Crippen LogP contribution is -2.56. The fourth-order valence-electron chi connectivity index (χ4n) is 6.35. The first-order chi connectivity index (χ1) is 22.2. The Morgan fingerprint density at radius 1 is 0.739 bits per heavy atom. The Balaban J connectivity index is 1.07. The molecule has 2 aromatic heterocycles. The van der Waals surface area contributed by atoms with Gasteiger partial charge in [-0.2, -0.15) is 0 Å². The number of carbonyl (C=O) groups excluding carboxylic acids is 2. The molecule has 0 radical (unpaired) electrons. The van der Waals surface area contributed by atoms with E-state index in [2.05, 4.69) is 44.2 Å². The van der Waals surface area contributed by atoms with Gasteiger partial charge in [-0.3, -0.25) is 29.4 Å². The molecular formula is C36H46N6O4. The Labute approximate surface area is 271 Å². The lowest BCUT2D eigenvalue weighted by atomic mass is 10.1. The Morgan fingerprint density at radius 2 is 1.15 bits per heavy atom. The molecule has 0 aliphatic carbocycles. The number of nitrogens with one attached hydrogen (secondary N) is 2. The minimum Gasteiger partial charge on any atom is -0.497 e. The van der Waals surface area contributed by atoms with Crippen molar-refractivity contribution < 1.29 is 19.1 Å². The topological polar surface area (TPSA) is 109 Å². The van der Waals surface area contributed by atoms with Gasteiger partial charge < -0.3 is 20.1 Å². The van der Waals surface area contributed by atoms with Crippen LogP contribution in [0.25, 0.3) is 21.8 Å². The van der Waals surface area contributed by atoms with Gasteiger partial charge in [0.25, 0.3) is 0 Å². The summed E-state index contributed by atoms with van der Waals surface area (Å²) in [6.45, 7) is 12.1. The van der Waals surface area contributed by atoms with Crippen molar-refractivity contribution in [3.05, 3.63) is 59.9 Å². The number of nitrogens with zero attached hydrogens (tertiary/aromatic N) is 4. The molecule has 1 fully saturated rings. The minimum absolute atomic E-state index is 0.0247. The van der Waals surface area contributed by atoms with Crippen molar-refractivity contribution in [3.63, 3.8) is 0 Å². The molecular weight excluding hydrogens is 580 g/mol. The highest BCUT2D eigenvalue weighted by atomic mass is 16.5. The summed E-state index contributed by atoms with van der Waals surface area (Å²) >= 11 is 0. The molecule has 0 bridgehead atoms. The number of amides is 2. The van der Waals surface area contributed by atoms with Crippen molar-refractivity contribution in [1.29, 1.82) is 0 Å². The molecule has 1 saturated heterocycles. The summed E-state index contributed by atoms with van der Waals surface area (Å²) in [5.74, 6) is 1.34. The normalized spacial score (nSPS) is 17.3. The van der Waals surface area contributed by atoms with E-state index in [-0.39, 0.29) is 11.8 Å². The summed E-state index contributed by atoms with van der Waals surface area (Å²) in [7, 11) is 3.25. The summed E-state index contributed by atoms with van der Waals surface area (Å²) in [5.41, 5.74) is 5.06. The fraction of sp³-hybridized carbons (Fsp3) is 0.444. The number of piperazine rings is 1. The van der Waals surface area contributed by atoms with E-state index in [1.54, 1.807) is 26.6 Å². The number of hydrogen-bond donors (Lipinski definition) is 2. The number of fused-ring (bicyclic) bond motifs is 2. The van der Waals surface area contributed by atoms with Crippen LogP contribution >= 0.6 is 0 Å². The van der Waals surface area contributed by atoms with Crippen LogP contribution in [0.5, 0.6) is 11.5 Å². The molecule has 244 valence electrons. The molecule has 2 atom stereocenters. The Bertz CT molecular complexity index is 1580. The molecule has 2 unspecified atom stereocenters. The van der Waals surface area contributed by atoms with Gasteiger partial charge >= 0.3 is 0 Å². The third-order valence-corrected chi connectivity index (χ3v) is 9.03. The molecule has 10 nitrogen and oxygen atoms in total. The zero-order chi connectivity index (χ0) is 32.8. The smallest absolute Gasteiger partial charge is 0.224 e. The number of rotatable bonds is 12. The van der Waals surface area contributed by atoms with E-state index in [0.717, 1.165) is 72.0 Å². The quantitative estimate of drug-likeness (QED) is 0.199. The maximum atomic E-state index is 12.9. The first-order valence-corrected chi connectivity index (χ1v) is 16.1. The van der Waals surface area contributed by atoms with Crippen molar-refractivity contribution in [2.45, 2.75) is 65.5 Å². The monoisotopic (exact) mass is 626 g/mol. The molecule has 4 aromatic rings. The van der Waals surface area contributed by atoms with Crippen LogP contribution in [0.3, 0.4) is 0 Å². The predicted octanol–water partition coefficient (Wildman–Crippen LogP) is 5.95. The van der Waals surface area contributed by atoms with Crippen molar-refractivity contribution in [3.8, 4) is 11.5 Å². The summed E-state index contributed by atoms with van der Waals surface area (Å²) in [5, 5.41) is 8.07. The van der Waals surface area contributed by atoms with E-state index < -0.39 is 0 Å². The van der Waals surface area contributed by atoms with Gasteiger partial charge in [-0.05, 0) is 89.0 Å². The second-order valence-electron chi connectivity index (χ2n) is 12.4. The number of aryl methyl sites for hydroxylation is 2. The van der Waals surface area contributed by atoms with Gasteiger partial charge in [-0.25, -0.2) is 0 Å². The van der Waals surface area contributed by atoms with E-state index in [1.165, 1.54) is 0 Å². The van der Waals surface area contributed by atoms with Crippen LogP contribution < -0.4 is 20.1 Å². The summed E-state index contributed by atoms with van der Waals surface area (Å²) in [4.78, 5) is 39.8. The highest BCUT2D eigenvalue weighted by molar-refractivity contribution is 6.03. The zero-order valence-electron chi connectivity index (χ0n) is 27.9. The van der Waals surface area contributed by atoms with E-state index >= 15 is 0 Å². The minimum atomic E-state index is -0.0247. The highest BCUT2D eigenvalue weighted by Crippen LogP contribution is 2.31. The number of ether oxygens (including phenoxy) is 2. The van der Waals surface area contributed by atoms with Crippen molar-refractivity contribution in [2.75, 3.05) is 51.0 Å². The molecule has 0 spiro atoms. The van der Waals surface area contributed by atoms with Crippen LogP contribution in [-0.2, 0) is 9.59 Å². The van der Waals surface area contributed by atoms with E-state index in [0.29, 0.717) is 47.8 Å². The first kappa shape index (κ1) is 33.1. The fourth-order valence-corrected chi connectivity index (χ4v) is 6.35. The molecule has 0 saturated carbocycles. The molecule has 5 rings (SSSR count). The summed E-state index contributed by atoms with van der Waals surface area (Å²) in [6, 6.07) is 12.2. The molecule has 10 heteroatoms. The molecule has 1 aliphatic heterocycles. The maximum absolute atomic E-state index is 12.9. The Morgan fingerprint density at radius 3 is 1.54 bits per heavy atom. The number of anilines is 2. The maximum Gasteiger partial charge on any atom is 0.224 e. The molecule has 1 aliphatic rings. The van der Waals surface area contributed by atoms with Crippen LogP contribution in [0.1, 0.15) is 50.7 Å². The Kier molecular flexibility index (Phi) is 10.7. The summed E-state index contributed by atoms with van der Waals surface area (Å²) in [6.07, 6.45) is 5.92. The number of hydrogen-bond acceptors (Lipinski definition) is 8. The number of carbonyl (C=O) groups is 2. The Hall–Kier alpha value is -4.28. The van der Waals surface area contributed by atoms with E-state index in [4.69, 9.17) is 9.47 Å². The van der Waals surface area contributed by atoms with Crippen molar-refractivity contribution >= 4 is 45.0 Å². The van der Waals surface area contributed by atoms with E-state index in [1.807, 2.05) is 50.2 Å². The average Bonchev–Trinajstić information content (AvgIpc) is 3.03. The molecule has 46 heavy (non-hydrogen) atoms. The summed E-state index contributed by atoms with van der Waals surface area (Å²) < 4.78 is 10.9. The molecule has 2 N–H and O–H groups in total. The van der Waals surface area contributed by atoms with Crippen LogP contribution in [0, 0.1) is 13.8 Å². The van der Waals surface area contributed by atoms with Gasteiger partial charge in [0.05, 0.1) is 36.6 Å². The molecule has 2 aromatic carbocycles. The first-order valence-electron chi connectivity index (χ1n) is 16.1. The lowest BCUT2D eigenvalue weighted by molar-refractivity contribution is -0.117. The second kappa shape index (κ2) is 14.9. The molecule has 2 amide bonds. The number of pyridine rings is 2. The van der Waals surface area contributed by atoms with Crippen LogP contribution in [0.15, 0.2) is 48.8 Å². The van der Waals surface area contributed by atoms with Gasteiger partial charge in [-0.15, -0.1) is 0 Å². The largest absolute Gasteiger partial charge is 0.497 e. The zero-order valence-corrected chi connectivity index (χ0v) is 27.9. The van der Waals surface area contributed by atoms with Gasteiger partial charge in [-0.1, -0.05) is 0 Å². The van der Waals surface area contributed by atoms with Crippen molar-refractivity contribution in [1.82, 2.24) is 19.8 Å². The van der Waals surface area contributed by atoms with Crippen LogP contribution in [0.2, 0.25) is 0 Å². The van der Waals surface area contributed by atoms with Crippen molar-refractivity contribution in [2.24, 2.45) is 0 Å². The lowest BCUT2D eigenvalue weighted by Gasteiger charge is -2.44. The third-order valence-electron chi connectivity index (χ3n) is 9.03. The number of methoxy groups -OCH3 is 2. The highest BCUT2D eigenvalue weighted by Gasteiger charge is 2.28. The number of aromatic nitrogens is 2.